The minimum Gasteiger partial charge on any atom is -0.389 e. The Labute approximate surface area is 134 Å². The number of carbonyl (C=O) groups is 1. The zero-order chi connectivity index (χ0) is 16.0. The van der Waals surface area contributed by atoms with Crippen LogP contribution in [0.5, 0.6) is 0 Å². The van der Waals surface area contributed by atoms with Gasteiger partial charge in [0.25, 0.3) is 0 Å². The number of hydrogen-bond donors (Lipinski definition) is 2. The molecule has 23 heavy (non-hydrogen) atoms. The molecule has 3 heterocycles. The largest absolute Gasteiger partial charge is 0.389 e. The van der Waals surface area contributed by atoms with Gasteiger partial charge in [-0.15, -0.1) is 0 Å². The maximum absolute atomic E-state index is 11.7. The number of nitrogens with one attached hydrogen (secondary N) is 1. The molecule has 1 aromatic carbocycles. The first-order valence-electron chi connectivity index (χ1n) is 7.70. The highest BCUT2D eigenvalue weighted by molar-refractivity contribution is 6.02. The lowest BCUT2D eigenvalue weighted by Crippen LogP contribution is -2.31. The Hall–Kier alpha value is -2.66. The lowest BCUT2D eigenvalue weighted by Gasteiger charge is -2.27. The van der Waals surface area contributed by atoms with Gasteiger partial charge in [0.15, 0.2) is 0 Å². The molecule has 5 nitrogen and oxygen atoms in total. The SMILES string of the molecule is CC(O)c1ccc(C2=NC=C3C=CC(=O)NC4=C3N2CC4)cc1. The second-order valence-electron chi connectivity index (χ2n) is 5.89. The highest BCUT2D eigenvalue weighted by atomic mass is 16.3. The number of allylic oxidation sites excluding steroid dienone is 1. The van der Waals surface area contributed by atoms with E-state index in [0.29, 0.717) is 0 Å². The van der Waals surface area contributed by atoms with Gasteiger partial charge in [-0.05, 0) is 18.6 Å². The molecule has 1 unspecified atom stereocenters. The van der Waals surface area contributed by atoms with E-state index in [1.807, 2.05) is 36.5 Å². The predicted octanol–water partition coefficient (Wildman–Crippen LogP) is 1.99. The van der Waals surface area contributed by atoms with Crippen molar-refractivity contribution in [1.82, 2.24) is 10.2 Å². The van der Waals surface area contributed by atoms with Crippen LogP contribution >= 0.6 is 0 Å². The molecule has 0 radical (unpaired) electrons. The summed E-state index contributed by atoms with van der Waals surface area (Å²) in [5.74, 6) is 0.785. The van der Waals surface area contributed by atoms with Crippen LogP contribution in [0.2, 0.25) is 0 Å². The minimum atomic E-state index is -0.479. The summed E-state index contributed by atoms with van der Waals surface area (Å²) in [6.07, 6.45) is 5.48. The Morgan fingerprint density at radius 1 is 1.26 bits per heavy atom. The van der Waals surface area contributed by atoms with Crippen LogP contribution in [-0.4, -0.2) is 28.3 Å². The third kappa shape index (κ3) is 2.29. The molecule has 0 aliphatic carbocycles. The first kappa shape index (κ1) is 14.0. The number of amidine groups is 1. The summed E-state index contributed by atoms with van der Waals surface area (Å²) in [7, 11) is 0. The average Bonchev–Trinajstić information content (AvgIpc) is 2.89. The normalized spacial score (nSPS) is 20.6. The molecule has 3 aliphatic rings. The van der Waals surface area contributed by atoms with Crippen LogP contribution in [-0.2, 0) is 4.79 Å². The number of nitrogens with zero attached hydrogens (tertiary/aromatic N) is 2. The number of benzene rings is 1. The van der Waals surface area contributed by atoms with Crippen molar-refractivity contribution in [2.45, 2.75) is 19.4 Å². The Bertz CT molecular complexity index is 798. The van der Waals surface area contributed by atoms with E-state index in [4.69, 9.17) is 0 Å². The Morgan fingerprint density at radius 2 is 2.04 bits per heavy atom. The summed E-state index contributed by atoms with van der Waals surface area (Å²) >= 11 is 0. The monoisotopic (exact) mass is 307 g/mol. The van der Waals surface area contributed by atoms with Gasteiger partial charge < -0.3 is 15.3 Å². The molecule has 1 aromatic rings. The Balaban J connectivity index is 1.75. The van der Waals surface area contributed by atoms with Crippen LogP contribution in [0, 0.1) is 0 Å². The molecular formula is C18H17N3O2. The molecule has 0 saturated carbocycles. The molecule has 0 aromatic heterocycles. The minimum absolute atomic E-state index is 0.0903. The summed E-state index contributed by atoms with van der Waals surface area (Å²) in [4.78, 5) is 18.5. The second-order valence-corrected chi connectivity index (χ2v) is 5.89. The smallest absolute Gasteiger partial charge is 0.248 e. The average molecular weight is 307 g/mol. The van der Waals surface area contributed by atoms with Gasteiger partial charge in [0.1, 0.15) is 5.84 Å². The van der Waals surface area contributed by atoms with E-state index in [9.17, 15) is 9.90 Å². The van der Waals surface area contributed by atoms with Crippen LogP contribution in [0.25, 0.3) is 0 Å². The van der Waals surface area contributed by atoms with Crippen LogP contribution in [0.4, 0.5) is 0 Å². The van der Waals surface area contributed by atoms with Crippen molar-refractivity contribution in [1.29, 1.82) is 0 Å². The molecule has 1 amide bonds. The van der Waals surface area contributed by atoms with Crippen molar-refractivity contribution in [3.8, 4) is 0 Å². The van der Waals surface area contributed by atoms with Crippen LogP contribution < -0.4 is 5.32 Å². The maximum Gasteiger partial charge on any atom is 0.248 e. The van der Waals surface area contributed by atoms with E-state index in [1.165, 1.54) is 0 Å². The van der Waals surface area contributed by atoms with Crippen molar-refractivity contribution >= 4 is 11.7 Å². The molecule has 116 valence electrons. The fourth-order valence-corrected chi connectivity index (χ4v) is 3.16. The van der Waals surface area contributed by atoms with Gasteiger partial charge in [0.05, 0.1) is 11.8 Å². The van der Waals surface area contributed by atoms with Crippen molar-refractivity contribution in [3.63, 3.8) is 0 Å². The highest BCUT2D eigenvalue weighted by Crippen LogP contribution is 2.34. The third-order valence-corrected chi connectivity index (χ3v) is 4.34. The van der Waals surface area contributed by atoms with E-state index in [-0.39, 0.29) is 5.91 Å². The molecule has 0 saturated heterocycles. The number of hydrogen-bond acceptors (Lipinski definition) is 4. The maximum atomic E-state index is 11.7. The number of aliphatic hydroxyl groups is 1. The summed E-state index contributed by atoms with van der Waals surface area (Å²) < 4.78 is 0. The Kier molecular flexibility index (Phi) is 3.16. The predicted molar refractivity (Wildman–Crippen MR) is 87.3 cm³/mol. The second kappa shape index (κ2) is 5.21. The van der Waals surface area contributed by atoms with Crippen molar-refractivity contribution in [3.05, 3.63) is 70.7 Å². The van der Waals surface area contributed by atoms with Crippen LogP contribution in [0.3, 0.4) is 0 Å². The van der Waals surface area contributed by atoms with Gasteiger partial charge in [-0.3, -0.25) is 4.79 Å². The summed E-state index contributed by atoms with van der Waals surface area (Å²) in [6, 6.07) is 7.79. The van der Waals surface area contributed by atoms with E-state index in [1.54, 1.807) is 13.0 Å². The number of amides is 1. The molecule has 0 spiro atoms. The van der Waals surface area contributed by atoms with Gasteiger partial charge in [0.2, 0.25) is 5.91 Å². The highest BCUT2D eigenvalue weighted by Gasteiger charge is 2.32. The van der Waals surface area contributed by atoms with E-state index >= 15 is 0 Å². The topological polar surface area (TPSA) is 64.9 Å². The van der Waals surface area contributed by atoms with E-state index in [2.05, 4.69) is 15.2 Å². The summed E-state index contributed by atoms with van der Waals surface area (Å²) in [5, 5.41) is 12.6. The van der Waals surface area contributed by atoms with E-state index < -0.39 is 6.10 Å². The van der Waals surface area contributed by atoms with Gasteiger partial charge in [-0.1, -0.05) is 24.3 Å². The van der Waals surface area contributed by atoms with Crippen molar-refractivity contribution in [2.75, 3.05) is 6.54 Å². The zero-order valence-electron chi connectivity index (χ0n) is 12.8. The van der Waals surface area contributed by atoms with Gasteiger partial charge >= 0.3 is 0 Å². The molecule has 5 heteroatoms. The van der Waals surface area contributed by atoms with Gasteiger partial charge in [-0.2, -0.15) is 0 Å². The summed E-state index contributed by atoms with van der Waals surface area (Å²) in [5.41, 5.74) is 4.83. The third-order valence-electron chi connectivity index (χ3n) is 4.34. The molecule has 1 atom stereocenters. The van der Waals surface area contributed by atoms with Crippen molar-refractivity contribution < 1.29 is 9.90 Å². The molecular weight excluding hydrogens is 290 g/mol. The van der Waals surface area contributed by atoms with Crippen LogP contribution in [0.15, 0.2) is 64.6 Å². The standard InChI is InChI=1S/C18H17N3O2/c1-11(22)12-2-4-13(5-3-12)18-19-10-14-6-7-16(23)20-15-8-9-21(18)17(14)15/h2-7,10-11,22H,8-9H2,1H3,(H,20,23). The number of rotatable bonds is 2. The lowest BCUT2D eigenvalue weighted by atomic mass is 10.1. The zero-order valence-corrected chi connectivity index (χ0v) is 12.8. The lowest BCUT2D eigenvalue weighted by molar-refractivity contribution is -0.115. The molecule has 0 fully saturated rings. The van der Waals surface area contributed by atoms with Gasteiger partial charge in [0, 0.05) is 42.1 Å². The van der Waals surface area contributed by atoms with E-state index in [0.717, 1.165) is 46.9 Å². The number of aliphatic imine (C=N–C) groups is 1. The Morgan fingerprint density at radius 3 is 2.78 bits per heavy atom. The molecule has 2 N–H and O–H groups in total. The number of aliphatic hydroxyl groups excluding tert-OH is 1. The first-order chi connectivity index (χ1) is 11.1. The fourth-order valence-electron chi connectivity index (χ4n) is 3.16. The molecule has 0 bridgehead atoms. The van der Waals surface area contributed by atoms with Crippen LogP contribution in [0.1, 0.15) is 30.6 Å². The van der Waals surface area contributed by atoms with Gasteiger partial charge in [-0.25, -0.2) is 4.99 Å². The first-order valence-corrected chi connectivity index (χ1v) is 7.70. The summed E-state index contributed by atoms with van der Waals surface area (Å²) in [6.45, 7) is 2.55. The number of carbonyl (C=O) groups excluding carboxylic acids is 1. The quantitative estimate of drug-likeness (QED) is 0.878. The fraction of sp³-hybridized carbons (Fsp3) is 0.222. The molecule has 3 aliphatic heterocycles. The molecule has 4 rings (SSSR count). The van der Waals surface area contributed by atoms with Crippen molar-refractivity contribution in [2.24, 2.45) is 4.99 Å².